The van der Waals surface area contributed by atoms with Crippen molar-refractivity contribution in [1.82, 2.24) is 5.32 Å². The third-order valence-electron chi connectivity index (χ3n) is 2.47. The lowest BCUT2D eigenvalue weighted by Crippen LogP contribution is -2.40. The number of nitrogens with one attached hydrogen (secondary N) is 2. The number of hydrogen-bond donors (Lipinski definition) is 3. The number of anilines is 1. The predicted octanol–water partition coefficient (Wildman–Crippen LogP) is 2.23. The second kappa shape index (κ2) is 6.64. The molecule has 0 spiro atoms. The Labute approximate surface area is 106 Å². The van der Waals surface area contributed by atoms with Crippen LogP contribution in [-0.2, 0) is 11.2 Å². The lowest BCUT2D eigenvalue weighted by Gasteiger charge is -2.11. The molecule has 0 bridgehead atoms. The molecule has 0 fully saturated rings. The number of rotatable bonds is 5. The van der Waals surface area contributed by atoms with Crippen molar-refractivity contribution in [1.29, 1.82) is 0 Å². The van der Waals surface area contributed by atoms with Gasteiger partial charge in [-0.15, -0.1) is 0 Å². The van der Waals surface area contributed by atoms with Crippen molar-refractivity contribution in [3.05, 3.63) is 29.8 Å². The number of aliphatic carboxylic acids is 1. The second-order valence-corrected chi connectivity index (χ2v) is 4.11. The lowest BCUT2D eigenvalue weighted by molar-refractivity contribution is -0.138. The minimum Gasteiger partial charge on any atom is -0.480 e. The van der Waals surface area contributed by atoms with Gasteiger partial charge in [0.1, 0.15) is 6.04 Å². The van der Waals surface area contributed by atoms with E-state index in [1.807, 2.05) is 12.1 Å². The summed E-state index contributed by atoms with van der Waals surface area (Å²) in [5.41, 5.74) is 1.85. The van der Waals surface area contributed by atoms with E-state index in [4.69, 9.17) is 5.11 Å². The minimum atomic E-state index is -1.07. The number of carboxylic acids is 1. The Morgan fingerprint density at radius 1 is 1.28 bits per heavy atom. The first-order valence-corrected chi connectivity index (χ1v) is 5.92. The van der Waals surface area contributed by atoms with Crippen LogP contribution in [0.25, 0.3) is 0 Å². The summed E-state index contributed by atoms with van der Waals surface area (Å²) in [5.74, 6) is -1.07. The van der Waals surface area contributed by atoms with Gasteiger partial charge in [-0.2, -0.15) is 0 Å². The summed E-state index contributed by atoms with van der Waals surface area (Å²) in [6.07, 6.45) is 2.08. The molecule has 0 aliphatic rings. The maximum atomic E-state index is 11.5. The number of carbonyl (C=O) groups excluding carboxylic acids is 1. The first kappa shape index (κ1) is 14.0. The Kier molecular flexibility index (Phi) is 5.17. The number of carboxylic acid groups (broad SMARTS) is 1. The van der Waals surface area contributed by atoms with E-state index >= 15 is 0 Å². The van der Waals surface area contributed by atoms with E-state index in [0.29, 0.717) is 5.69 Å². The van der Waals surface area contributed by atoms with Crippen LogP contribution in [0.5, 0.6) is 0 Å². The number of hydrogen-bond acceptors (Lipinski definition) is 2. The van der Waals surface area contributed by atoms with Crippen LogP contribution in [0.1, 0.15) is 25.8 Å². The maximum absolute atomic E-state index is 11.5. The quantitative estimate of drug-likeness (QED) is 0.749. The van der Waals surface area contributed by atoms with Crippen LogP contribution in [0.15, 0.2) is 24.3 Å². The van der Waals surface area contributed by atoms with Gasteiger partial charge in [0.15, 0.2) is 0 Å². The van der Waals surface area contributed by atoms with E-state index in [2.05, 4.69) is 17.6 Å². The topological polar surface area (TPSA) is 78.4 Å². The van der Waals surface area contributed by atoms with Crippen molar-refractivity contribution < 1.29 is 14.7 Å². The predicted molar refractivity (Wildman–Crippen MR) is 69.7 cm³/mol. The Morgan fingerprint density at radius 3 is 2.39 bits per heavy atom. The molecule has 0 aliphatic carbocycles. The van der Waals surface area contributed by atoms with Gasteiger partial charge in [-0.25, -0.2) is 4.79 Å². The number of urea groups is 1. The van der Waals surface area contributed by atoms with Gasteiger partial charge in [-0.05, 0) is 31.0 Å². The molecule has 18 heavy (non-hydrogen) atoms. The Morgan fingerprint density at radius 2 is 1.89 bits per heavy atom. The summed E-state index contributed by atoms with van der Waals surface area (Å²) in [4.78, 5) is 22.0. The SMILES string of the molecule is CCCc1ccc(NC(=O)N[C@@H](C)C(=O)O)cc1. The average molecular weight is 250 g/mol. The Bertz CT molecular complexity index is 415. The molecule has 0 radical (unpaired) electrons. The molecule has 1 atom stereocenters. The molecule has 0 saturated carbocycles. The van der Waals surface area contributed by atoms with Gasteiger partial charge in [0.25, 0.3) is 0 Å². The van der Waals surface area contributed by atoms with Crippen molar-refractivity contribution in [3.8, 4) is 0 Å². The molecule has 1 rings (SSSR count). The number of amides is 2. The summed E-state index contributed by atoms with van der Waals surface area (Å²) in [7, 11) is 0. The summed E-state index contributed by atoms with van der Waals surface area (Å²) in [6.45, 7) is 3.51. The molecular weight excluding hydrogens is 232 g/mol. The molecule has 1 aromatic rings. The van der Waals surface area contributed by atoms with Gasteiger partial charge < -0.3 is 15.7 Å². The number of benzene rings is 1. The molecule has 5 nitrogen and oxygen atoms in total. The first-order chi connectivity index (χ1) is 8.52. The zero-order chi connectivity index (χ0) is 13.5. The molecule has 98 valence electrons. The van der Waals surface area contributed by atoms with Crippen LogP contribution >= 0.6 is 0 Å². The van der Waals surface area contributed by atoms with Gasteiger partial charge in [0.05, 0.1) is 0 Å². The molecule has 0 aliphatic heterocycles. The normalized spacial score (nSPS) is 11.7. The van der Waals surface area contributed by atoms with Crippen LogP contribution in [-0.4, -0.2) is 23.1 Å². The van der Waals surface area contributed by atoms with E-state index in [9.17, 15) is 9.59 Å². The highest BCUT2D eigenvalue weighted by Gasteiger charge is 2.13. The molecular formula is C13H18N2O3. The average Bonchev–Trinajstić information content (AvgIpc) is 2.31. The largest absolute Gasteiger partial charge is 0.480 e. The highest BCUT2D eigenvalue weighted by Crippen LogP contribution is 2.10. The van der Waals surface area contributed by atoms with Gasteiger partial charge in [-0.1, -0.05) is 25.5 Å². The molecule has 0 unspecified atom stereocenters. The van der Waals surface area contributed by atoms with Gasteiger partial charge >= 0.3 is 12.0 Å². The van der Waals surface area contributed by atoms with E-state index in [-0.39, 0.29) is 0 Å². The maximum Gasteiger partial charge on any atom is 0.325 e. The molecule has 0 saturated heterocycles. The van der Waals surface area contributed by atoms with Gasteiger partial charge in [-0.3, -0.25) is 4.79 Å². The van der Waals surface area contributed by atoms with E-state index < -0.39 is 18.0 Å². The minimum absolute atomic E-state index is 0.520. The van der Waals surface area contributed by atoms with Crippen molar-refractivity contribution in [3.63, 3.8) is 0 Å². The van der Waals surface area contributed by atoms with Crippen molar-refractivity contribution in [2.75, 3.05) is 5.32 Å². The van der Waals surface area contributed by atoms with Crippen LogP contribution < -0.4 is 10.6 Å². The van der Waals surface area contributed by atoms with Crippen molar-refractivity contribution >= 4 is 17.7 Å². The zero-order valence-electron chi connectivity index (χ0n) is 10.6. The zero-order valence-corrected chi connectivity index (χ0v) is 10.6. The molecule has 0 heterocycles. The van der Waals surface area contributed by atoms with Crippen LogP contribution in [0.2, 0.25) is 0 Å². The summed E-state index contributed by atoms with van der Waals surface area (Å²) >= 11 is 0. The Balaban J connectivity index is 2.51. The highest BCUT2D eigenvalue weighted by molar-refractivity contribution is 5.92. The fourth-order valence-corrected chi connectivity index (χ4v) is 1.47. The number of aryl methyl sites for hydroxylation is 1. The van der Waals surface area contributed by atoms with E-state index in [1.165, 1.54) is 12.5 Å². The van der Waals surface area contributed by atoms with Gasteiger partial charge in [0, 0.05) is 5.69 Å². The fraction of sp³-hybridized carbons (Fsp3) is 0.385. The van der Waals surface area contributed by atoms with Crippen LogP contribution in [0.3, 0.4) is 0 Å². The highest BCUT2D eigenvalue weighted by atomic mass is 16.4. The fourth-order valence-electron chi connectivity index (χ4n) is 1.47. The number of carbonyl (C=O) groups is 2. The van der Waals surface area contributed by atoms with Crippen molar-refractivity contribution in [2.24, 2.45) is 0 Å². The molecule has 3 N–H and O–H groups in total. The summed E-state index contributed by atoms with van der Waals surface area (Å²) in [6, 6.07) is 6.06. The monoisotopic (exact) mass is 250 g/mol. The molecule has 0 aromatic heterocycles. The van der Waals surface area contributed by atoms with E-state index in [0.717, 1.165) is 12.8 Å². The first-order valence-electron chi connectivity index (χ1n) is 5.92. The smallest absolute Gasteiger partial charge is 0.325 e. The summed E-state index contributed by atoms with van der Waals surface area (Å²) < 4.78 is 0. The van der Waals surface area contributed by atoms with Crippen molar-refractivity contribution in [2.45, 2.75) is 32.7 Å². The summed E-state index contributed by atoms with van der Waals surface area (Å²) in [5, 5.41) is 13.6. The van der Waals surface area contributed by atoms with E-state index in [1.54, 1.807) is 12.1 Å². The Hall–Kier alpha value is -2.04. The standard InChI is InChI=1S/C13H18N2O3/c1-3-4-10-5-7-11(8-6-10)15-13(18)14-9(2)12(16)17/h5-9H,3-4H2,1-2H3,(H,16,17)(H2,14,15,18)/t9-/m0/s1. The lowest BCUT2D eigenvalue weighted by atomic mass is 10.1. The van der Waals surface area contributed by atoms with Crippen LogP contribution in [0, 0.1) is 0 Å². The van der Waals surface area contributed by atoms with Crippen LogP contribution in [0.4, 0.5) is 10.5 Å². The van der Waals surface area contributed by atoms with Gasteiger partial charge in [0.2, 0.25) is 0 Å². The second-order valence-electron chi connectivity index (χ2n) is 4.11. The third kappa shape index (κ3) is 4.45. The molecule has 1 aromatic carbocycles. The molecule has 2 amide bonds. The molecule has 5 heteroatoms. The third-order valence-corrected chi connectivity index (χ3v) is 2.47.